The Kier molecular flexibility index (Phi) is 6.41. The van der Waals surface area contributed by atoms with Crippen molar-refractivity contribution in [1.82, 2.24) is 9.55 Å². The van der Waals surface area contributed by atoms with Crippen molar-refractivity contribution in [2.24, 2.45) is 0 Å². The molecule has 1 aliphatic heterocycles. The first-order valence-corrected chi connectivity index (χ1v) is 11.7. The van der Waals surface area contributed by atoms with Gasteiger partial charge in [0.15, 0.2) is 5.16 Å². The lowest BCUT2D eigenvalue weighted by Gasteiger charge is -2.35. The molecule has 0 radical (unpaired) electrons. The highest BCUT2D eigenvalue weighted by Crippen LogP contribution is 2.32. The molecule has 162 valence electrons. The van der Waals surface area contributed by atoms with Crippen molar-refractivity contribution in [2.45, 2.75) is 57.3 Å². The highest BCUT2D eigenvalue weighted by atomic mass is 32.2. The highest BCUT2D eigenvalue weighted by molar-refractivity contribution is 7.99. The maximum atomic E-state index is 13.7. The van der Waals surface area contributed by atoms with E-state index >= 15 is 0 Å². The normalized spacial score (nSPS) is 15.8. The van der Waals surface area contributed by atoms with Gasteiger partial charge in [-0.25, -0.2) is 9.37 Å². The minimum atomic E-state index is -0.282. The molecule has 1 amide bonds. The molecular weight excluding hydrogens is 413 g/mol. The first kappa shape index (κ1) is 21.6. The zero-order valence-corrected chi connectivity index (χ0v) is 18.6. The summed E-state index contributed by atoms with van der Waals surface area (Å²) in [5, 5.41) is 1.16. The number of hydrogen-bond donors (Lipinski definition) is 0. The van der Waals surface area contributed by atoms with E-state index < -0.39 is 0 Å². The van der Waals surface area contributed by atoms with Crippen LogP contribution in [0.1, 0.15) is 38.7 Å². The molecule has 0 fully saturated rings. The maximum Gasteiger partial charge on any atom is 0.262 e. The highest BCUT2D eigenvalue weighted by Gasteiger charge is 2.28. The number of carbonyl (C=O) groups excluding carboxylic acids is 1. The number of fused-ring (bicyclic) bond motifs is 2. The van der Waals surface area contributed by atoms with E-state index in [1.54, 1.807) is 21.6 Å². The molecule has 31 heavy (non-hydrogen) atoms. The van der Waals surface area contributed by atoms with E-state index in [-0.39, 0.29) is 29.1 Å². The number of nitrogens with zero attached hydrogens (tertiary/aromatic N) is 3. The lowest BCUT2D eigenvalue weighted by Crippen LogP contribution is -2.43. The molecule has 3 aromatic rings. The third-order valence-corrected chi connectivity index (χ3v) is 6.69. The molecule has 0 saturated heterocycles. The Morgan fingerprint density at radius 3 is 2.87 bits per heavy atom. The molecular formula is C24H26FN3O2S. The Hall–Kier alpha value is -2.67. The Morgan fingerprint density at radius 2 is 2.06 bits per heavy atom. The summed E-state index contributed by atoms with van der Waals surface area (Å²) in [6, 6.07) is 12.0. The van der Waals surface area contributed by atoms with Crippen LogP contribution >= 0.6 is 11.8 Å². The zero-order chi connectivity index (χ0) is 22.0. The number of carbonyl (C=O) groups is 1. The second-order valence-electron chi connectivity index (χ2n) is 7.94. The van der Waals surface area contributed by atoms with Crippen LogP contribution in [0.4, 0.5) is 10.1 Å². The molecule has 5 nitrogen and oxygen atoms in total. The minimum Gasteiger partial charge on any atom is -0.309 e. The summed E-state index contributed by atoms with van der Waals surface area (Å²) in [5.41, 5.74) is 2.21. The van der Waals surface area contributed by atoms with Crippen LogP contribution in [-0.4, -0.2) is 27.3 Å². The minimum absolute atomic E-state index is 0.0397. The standard InChI is InChI=1S/C24H26FN3O2S/c1-3-4-13-27-23(30)19-7-5-6-8-20(19)26-24(27)31-15-22(29)28-16(2)9-10-17-14-18(25)11-12-21(17)28/h5-8,11-12,14,16H,3-4,9-10,13,15H2,1-2H3. The zero-order valence-electron chi connectivity index (χ0n) is 17.8. The van der Waals surface area contributed by atoms with E-state index in [1.807, 2.05) is 25.1 Å². The first-order valence-electron chi connectivity index (χ1n) is 10.7. The summed E-state index contributed by atoms with van der Waals surface area (Å²) >= 11 is 1.29. The van der Waals surface area contributed by atoms with Crippen LogP contribution in [-0.2, 0) is 17.8 Å². The molecule has 7 heteroatoms. The van der Waals surface area contributed by atoms with Gasteiger partial charge in [-0.05, 0) is 62.1 Å². The van der Waals surface area contributed by atoms with Crippen molar-refractivity contribution in [3.8, 4) is 0 Å². The Morgan fingerprint density at radius 1 is 1.26 bits per heavy atom. The van der Waals surface area contributed by atoms with Gasteiger partial charge in [-0.3, -0.25) is 14.2 Å². The average Bonchev–Trinajstić information content (AvgIpc) is 2.77. The lowest BCUT2D eigenvalue weighted by atomic mass is 9.96. The number of thioether (sulfide) groups is 1. The van der Waals surface area contributed by atoms with E-state index in [4.69, 9.17) is 0 Å². The van der Waals surface area contributed by atoms with Crippen LogP contribution < -0.4 is 10.5 Å². The Bertz CT molecular complexity index is 1180. The monoisotopic (exact) mass is 439 g/mol. The predicted molar refractivity (Wildman–Crippen MR) is 123 cm³/mol. The molecule has 2 heterocycles. The van der Waals surface area contributed by atoms with Gasteiger partial charge in [0.25, 0.3) is 5.56 Å². The van der Waals surface area contributed by atoms with Gasteiger partial charge < -0.3 is 4.90 Å². The largest absolute Gasteiger partial charge is 0.309 e. The van der Waals surface area contributed by atoms with Crippen LogP contribution in [0.25, 0.3) is 10.9 Å². The second-order valence-corrected chi connectivity index (χ2v) is 8.88. The van der Waals surface area contributed by atoms with Gasteiger partial charge in [0, 0.05) is 18.3 Å². The molecule has 0 spiro atoms. The van der Waals surface area contributed by atoms with Crippen LogP contribution in [0.2, 0.25) is 0 Å². The molecule has 2 aromatic carbocycles. The molecule has 4 rings (SSSR count). The van der Waals surface area contributed by atoms with Gasteiger partial charge in [-0.15, -0.1) is 0 Å². The average molecular weight is 440 g/mol. The van der Waals surface area contributed by atoms with E-state index in [2.05, 4.69) is 11.9 Å². The summed E-state index contributed by atoms with van der Waals surface area (Å²) in [6.45, 7) is 4.67. The predicted octanol–water partition coefficient (Wildman–Crippen LogP) is 4.80. The fourth-order valence-corrected chi connectivity index (χ4v) is 4.95. The van der Waals surface area contributed by atoms with Gasteiger partial charge in [-0.1, -0.05) is 37.2 Å². The SMILES string of the molecule is CCCCn1c(SCC(=O)N2c3ccc(F)cc3CCC2C)nc2ccccc2c1=O. The summed E-state index contributed by atoms with van der Waals surface area (Å²) in [5.74, 6) is -0.178. The van der Waals surface area contributed by atoms with Crippen molar-refractivity contribution in [3.05, 3.63) is 64.2 Å². The number of unbranched alkanes of at least 4 members (excludes halogenated alkanes) is 1. The first-order chi connectivity index (χ1) is 15.0. The van der Waals surface area contributed by atoms with Crippen molar-refractivity contribution in [3.63, 3.8) is 0 Å². The Balaban J connectivity index is 1.62. The van der Waals surface area contributed by atoms with E-state index in [1.165, 1.54) is 23.9 Å². The van der Waals surface area contributed by atoms with Crippen LogP contribution in [0.15, 0.2) is 52.4 Å². The number of anilines is 1. The third kappa shape index (κ3) is 4.37. The summed E-state index contributed by atoms with van der Waals surface area (Å²) in [7, 11) is 0. The molecule has 1 atom stereocenters. The van der Waals surface area contributed by atoms with Gasteiger partial charge in [0.2, 0.25) is 5.91 Å². The number of aryl methyl sites for hydroxylation is 1. The number of benzene rings is 2. The number of aromatic nitrogens is 2. The molecule has 0 bridgehead atoms. The van der Waals surface area contributed by atoms with Gasteiger partial charge in [0.05, 0.1) is 16.7 Å². The topological polar surface area (TPSA) is 55.2 Å². The van der Waals surface area contributed by atoms with E-state index in [0.717, 1.165) is 36.9 Å². The lowest BCUT2D eigenvalue weighted by molar-refractivity contribution is -0.116. The number of amides is 1. The molecule has 1 aromatic heterocycles. The third-order valence-electron chi connectivity index (χ3n) is 5.73. The fraction of sp³-hybridized carbons (Fsp3) is 0.375. The number of rotatable bonds is 6. The molecule has 1 aliphatic rings. The maximum absolute atomic E-state index is 13.7. The van der Waals surface area contributed by atoms with Crippen molar-refractivity contribution < 1.29 is 9.18 Å². The van der Waals surface area contributed by atoms with Crippen LogP contribution in [0, 0.1) is 5.82 Å². The van der Waals surface area contributed by atoms with Crippen molar-refractivity contribution in [2.75, 3.05) is 10.7 Å². The number of halogens is 1. The molecule has 0 N–H and O–H groups in total. The molecule has 0 saturated carbocycles. The van der Waals surface area contributed by atoms with Crippen molar-refractivity contribution in [1.29, 1.82) is 0 Å². The van der Waals surface area contributed by atoms with Gasteiger partial charge in [0.1, 0.15) is 5.82 Å². The van der Waals surface area contributed by atoms with Crippen LogP contribution in [0.5, 0.6) is 0 Å². The number of hydrogen-bond acceptors (Lipinski definition) is 4. The van der Waals surface area contributed by atoms with Crippen molar-refractivity contribution >= 4 is 34.3 Å². The van der Waals surface area contributed by atoms with Crippen LogP contribution in [0.3, 0.4) is 0 Å². The smallest absolute Gasteiger partial charge is 0.262 e. The summed E-state index contributed by atoms with van der Waals surface area (Å²) < 4.78 is 15.3. The number of para-hydroxylation sites is 1. The van der Waals surface area contributed by atoms with Gasteiger partial charge in [-0.2, -0.15) is 0 Å². The summed E-state index contributed by atoms with van der Waals surface area (Å²) in [6.07, 6.45) is 3.38. The van der Waals surface area contributed by atoms with E-state index in [9.17, 15) is 14.0 Å². The second kappa shape index (κ2) is 9.22. The molecule has 1 unspecified atom stereocenters. The fourth-order valence-electron chi connectivity index (χ4n) is 4.07. The molecule has 0 aliphatic carbocycles. The van der Waals surface area contributed by atoms with Gasteiger partial charge >= 0.3 is 0 Å². The summed E-state index contributed by atoms with van der Waals surface area (Å²) in [4.78, 5) is 32.7. The Labute approximate surface area is 185 Å². The van der Waals surface area contributed by atoms with E-state index in [0.29, 0.717) is 22.6 Å². The quantitative estimate of drug-likeness (QED) is 0.409.